The number of piperidine rings is 3. The van der Waals surface area contributed by atoms with Crippen LogP contribution >= 0.6 is 0 Å². The van der Waals surface area contributed by atoms with Crippen molar-refractivity contribution in [2.75, 3.05) is 77.3 Å². The molecule has 1 atom stereocenters. The van der Waals surface area contributed by atoms with Crippen LogP contribution in [0, 0.1) is 23.7 Å². The Balaban J connectivity index is 0.000000157. The van der Waals surface area contributed by atoms with Crippen LogP contribution in [0.1, 0.15) is 137 Å². The van der Waals surface area contributed by atoms with Gasteiger partial charge in [0.1, 0.15) is 6.61 Å². The molecule has 7 aromatic rings. The summed E-state index contributed by atoms with van der Waals surface area (Å²) < 4.78 is 16.3. The fourth-order valence-corrected chi connectivity index (χ4v) is 14.1. The maximum Gasteiger partial charge on any atom is 0.328 e. The Morgan fingerprint density at radius 3 is 1.68 bits per heavy atom. The number of likely N-dealkylation sites (tertiary alicyclic amines) is 3. The molecule has 1 aliphatic carbocycles. The lowest BCUT2D eigenvalue weighted by atomic mass is 9.85. The lowest BCUT2D eigenvalue weighted by Gasteiger charge is -2.32. The van der Waals surface area contributed by atoms with Crippen molar-refractivity contribution in [3.05, 3.63) is 208 Å². The standard InChI is InChI=1S/C25H32N2O.C24H29NO3.C23H25N3O2.C4H6O4.C4H4O4/c28-25(23-11-10-22-8-4-5-15-26-24(22)18-23)12-9-20-13-16-27(17-14-20)19-21-6-2-1-3-7-21;1-27-22-14-19-13-20(24(26)21(19)15-23(22)28-2)12-17-8-10-25(11-9-17)16-18-6-4-3-5-7-18;27-23-13-18-12-19-20(25-28-22(19)14-21(18)24-23)7-6-16-8-10-26(11-9-16)15-17-4-2-1-3-5-17;5-4(6)2-1-3-8-7;5-3(6)1-2-4(7)8/h1-3,6-7,10-11,18,20,26H,4-5,8-9,12-17,19H2;3-7,14-15,17,20H,8-13,16H2,1-2H3;1-5,12,14,16H,6-11,13,15H2,(H,24,27);1-2,7H,3H2,(H,5,6);1-2H,(H,5,6)(H,7,8)/b;;;2-1+;2-1-. The maximum atomic E-state index is 12.9. The van der Waals surface area contributed by atoms with E-state index in [0.717, 1.165) is 147 Å². The molecule has 6 aromatic carbocycles. The summed E-state index contributed by atoms with van der Waals surface area (Å²) in [5.74, 6) is 0.612. The Bertz CT molecular complexity index is 3840. The smallest absolute Gasteiger partial charge is 0.328 e. The van der Waals surface area contributed by atoms with E-state index < -0.39 is 17.9 Å². The molecule has 0 saturated carbocycles. The molecule has 1 unspecified atom stereocenters. The highest BCUT2D eigenvalue weighted by molar-refractivity contribution is 6.03. The topological polar surface area (TPSA) is 271 Å². The summed E-state index contributed by atoms with van der Waals surface area (Å²) in [6.07, 6.45) is 20.1. The number of carbonyl (C=O) groups is 6. The van der Waals surface area contributed by atoms with E-state index in [1.807, 2.05) is 24.3 Å². The van der Waals surface area contributed by atoms with Crippen molar-refractivity contribution >= 4 is 57.7 Å². The van der Waals surface area contributed by atoms with Crippen molar-refractivity contribution in [2.45, 2.75) is 122 Å². The van der Waals surface area contributed by atoms with Crippen molar-refractivity contribution in [2.24, 2.45) is 23.7 Å². The molecule has 6 heterocycles. The minimum atomic E-state index is -1.26. The SMILES string of the molecule is COc1cc2c(cc1OC)C(=O)C(CC1CCN(Cc3ccccc3)CC1)C2.O=C(CCC1CCN(Cc2ccccc2)CC1)c1ccc2c(c1)NCCCC2.O=C(O)/C=C/COO.O=C(O)/C=C\C(=O)O.O=C1Cc2cc3c(CCC4CCN(Cc5ccccc5)CC4)noc3cc2N1. The number of carboxylic acid groups (broad SMARTS) is 3. The van der Waals surface area contributed by atoms with Crippen molar-refractivity contribution < 1.29 is 68.2 Å². The number of benzene rings is 6. The Labute approximate surface area is 585 Å². The highest BCUT2D eigenvalue weighted by Crippen LogP contribution is 2.40. The van der Waals surface area contributed by atoms with Crippen LogP contribution in [-0.4, -0.2) is 142 Å². The second-order valence-electron chi connectivity index (χ2n) is 26.6. The molecule has 20 heteroatoms. The van der Waals surface area contributed by atoms with Gasteiger partial charge in [-0.15, -0.1) is 0 Å². The molecular weight excluding hydrogens is 1270 g/mol. The van der Waals surface area contributed by atoms with Gasteiger partial charge < -0.3 is 39.9 Å². The third-order valence-corrected chi connectivity index (χ3v) is 19.6. The number of ether oxygens (including phenoxy) is 2. The van der Waals surface area contributed by atoms with E-state index in [1.54, 1.807) is 14.2 Å². The Kier molecular flexibility index (Phi) is 29.1. The van der Waals surface area contributed by atoms with Crippen molar-refractivity contribution in [3.8, 4) is 11.5 Å². The summed E-state index contributed by atoms with van der Waals surface area (Å²) in [4.78, 5) is 77.2. The molecule has 6 aliphatic rings. The third-order valence-electron chi connectivity index (χ3n) is 19.6. The third kappa shape index (κ3) is 23.4. The summed E-state index contributed by atoms with van der Waals surface area (Å²) in [7, 11) is 3.26. The summed E-state index contributed by atoms with van der Waals surface area (Å²) in [5.41, 5.74) is 13.2. The first-order valence-corrected chi connectivity index (χ1v) is 35.1. The fourth-order valence-electron chi connectivity index (χ4n) is 14.1. The zero-order valence-electron chi connectivity index (χ0n) is 57.6. The van der Waals surface area contributed by atoms with Crippen molar-refractivity contribution in [3.63, 3.8) is 0 Å². The zero-order chi connectivity index (χ0) is 70.6. The average Bonchev–Trinajstić information content (AvgIpc) is 1.65. The predicted octanol–water partition coefficient (Wildman–Crippen LogP) is 13.7. The van der Waals surface area contributed by atoms with Crippen LogP contribution in [0.2, 0.25) is 0 Å². The first-order chi connectivity index (χ1) is 48.6. The minimum Gasteiger partial charge on any atom is -0.493 e. The molecule has 530 valence electrons. The lowest BCUT2D eigenvalue weighted by molar-refractivity contribution is -0.231. The largest absolute Gasteiger partial charge is 0.493 e. The summed E-state index contributed by atoms with van der Waals surface area (Å²) in [5, 5.41) is 42.9. The zero-order valence-corrected chi connectivity index (χ0v) is 57.6. The van der Waals surface area contributed by atoms with Crippen LogP contribution in [-0.2, 0) is 69.4 Å². The van der Waals surface area contributed by atoms with Gasteiger partial charge in [0, 0.05) is 90.7 Å². The number of hydrogen-bond acceptors (Lipinski definition) is 16. The molecule has 3 saturated heterocycles. The number of hydrogen-bond donors (Lipinski definition) is 6. The number of nitrogens with zero attached hydrogens (tertiary/aromatic N) is 4. The number of anilines is 2. The number of rotatable bonds is 22. The van der Waals surface area contributed by atoms with Gasteiger partial charge in [0.05, 0.1) is 26.3 Å². The number of ketones is 2. The van der Waals surface area contributed by atoms with Gasteiger partial charge >= 0.3 is 17.9 Å². The highest BCUT2D eigenvalue weighted by atomic mass is 17.1. The number of carboxylic acids is 3. The van der Waals surface area contributed by atoms with Gasteiger partial charge in [0.15, 0.2) is 28.6 Å². The Hall–Kier alpha value is -9.31. The summed E-state index contributed by atoms with van der Waals surface area (Å²) in [6, 6.07) is 46.2. The number of aromatic nitrogens is 1. The van der Waals surface area contributed by atoms with Gasteiger partial charge in [-0.25, -0.2) is 19.3 Å². The van der Waals surface area contributed by atoms with Crippen molar-refractivity contribution in [1.82, 2.24) is 19.9 Å². The number of methoxy groups -OCH3 is 2. The van der Waals surface area contributed by atoms with E-state index in [2.05, 4.69) is 145 Å². The van der Waals surface area contributed by atoms with Crippen molar-refractivity contribution in [1.29, 1.82) is 0 Å². The molecule has 0 radical (unpaired) electrons. The normalized spacial score (nSPS) is 17.3. The van der Waals surface area contributed by atoms with E-state index >= 15 is 0 Å². The van der Waals surface area contributed by atoms with E-state index in [0.29, 0.717) is 54.1 Å². The van der Waals surface area contributed by atoms with E-state index in [-0.39, 0.29) is 24.2 Å². The van der Waals surface area contributed by atoms with Crippen LogP contribution in [0.5, 0.6) is 11.5 Å². The lowest BCUT2D eigenvalue weighted by Crippen LogP contribution is -2.34. The van der Waals surface area contributed by atoms with Crippen LogP contribution in [0.3, 0.4) is 0 Å². The number of aliphatic carboxylic acids is 3. The summed E-state index contributed by atoms with van der Waals surface area (Å²) >= 11 is 0. The number of nitrogens with one attached hydrogen (secondary N) is 2. The Morgan fingerprint density at radius 1 is 0.600 bits per heavy atom. The number of Topliss-reactive ketones (excluding diaryl/α,β-unsaturated/α-hetero) is 2. The maximum absolute atomic E-state index is 12.9. The van der Waals surface area contributed by atoms with E-state index in [9.17, 15) is 28.8 Å². The number of carbonyl (C=O) groups excluding carboxylic acids is 3. The molecule has 5 aliphatic heterocycles. The molecule has 3 fully saturated rings. The minimum absolute atomic E-state index is 0.0550. The average molecular weight is 1370 g/mol. The second-order valence-corrected chi connectivity index (χ2v) is 26.6. The predicted molar refractivity (Wildman–Crippen MR) is 385 cm³/mol. The molecular formula is C80H96N6O14. The van der Waals surface area contributed by atoms with Crippen LogP contribution in [0.4, 0.5) is 11.4 Å². The van der Waals surface area contributed by atoms with Gasteiger partial charge in [-0.05, 0) is 211 Å². The number of amides is 1. The highest BCUT2D eigenvalue weighted by Gasteiger charge is 2.35. The van der Waals surface area contributed by atoms with Gasteiger partial charge in [-0.3, -0.25) is 34.3 Å². The van der Waals surface area contributed by atoms with Crippen LogP contribution in [0.25, 0.3) is 11.0 Å². The fraction of sp³-hybridized carbons (Fsp3) is 0.412. The van der Waals surface area contributed by atoms with E-state index in [1.165, 1.54) is 98.5 Å². The molecule has 1 aromatic heterocycles. The molecule has 0 bridgehead atoms. The molecule has 13 rings (SSSR count). The summed E-state index contributed by atoms with van der Waals surface area (Å²) in [6.45, 7) is 10.9. The van der Waals surface area contributed by atoms with Gasteiger partial charge in [-0.2, -0.15) is 0 Å². The van der Waals surface area contributed by atoms with Gasteiger partial charge in [0.25, 0.3) is 0 Å². The first kappa shape index (κ1) is 74.9. The van der Waals surface area contributed by atoms with E-state index in [4.69, 9.17) is 34.6 Å². The number of fused-ring (bicyclic) bond motifs is 4. The molecule has 20 nitrogen and oxygen atoms in total. The van der Waals surface area contributed by atoms with Crippen LogP contribution < -0.4 is 20.1 Å². The van der Waals surface area contributed by atoms with Gasteiger partial charge in [0.2, 0.25) is 5.91 Å². The molecule has 1 amide bonds. The molecule has 100 heavy (non-hydrogen) atoms. The first-order valence-electron chi connectivity index (χ1n) is 35.1. The molecule has 6 N–H and O–H groups in total. The quantitative estimate of drug-likeness (QED) is 0.0159. The molecule has 0 spiro atoms. The van der Waals surface area contributed by atoms with Gasteiger partial charge in [-0.1, -0.05) is 108 Å². The van der Waals surface area contributed by atoms with Crippen LogP contribution in [0.15, 0.2) is 162 Å². The Morgan fingerprint density at radius 2 is 1.14 bits per heavy atom. The second kappa shape index (κ2) is 38.9. The monoisotopic (exact) mass is 1360 g/mol. The number of aryl methyl sites for hydroxylation is 2.